The van der Waals surface area contributed by atoms with Gasteiger partial charge in [0.15, 0.2) is 0 Å². The third-order valence-electron chi connectivity index (χ3n) is 5.69. The fourth-order valence-corrected chi connectivity index (χ4v) is 4.24. The average molecular weight is 426 g/mol. The van der Waals surface area contributed by atoms with Crippen LogP contribution in [0.1, 0.15) is 42.3 Å². The Bertz CT molecular complexity index is 1060. The first kappa shape index (κ1) is 20.4. The van der Waals surface area contributed by atoms with Crippen molar-refractivity contribution >= 4 is 29.4 Å². The van der Waals surface area contributed by atoms with Crippen molar-refractivity contribution in [3.63, 3.8) is 0 Å². The number of halogens is 1. The van der Waals surface area contributed by atoms with Crippen molar-refractivity contribution in [1.82, 2.24) is 14.7 Å². The smallest absolute Gasteiger partial charge is 0.327 e. The van der Waals surface area contributed by atoms with Crippen LogP contribution < -0.4 is 0 Å². The molecule has 2 aliphatic rings. The normalized spacial score (nSPS) is 16.7. The molecule has 0 saturated carbocycles. The molecule has 30 heavy (non-hydrogen) atoms. The topological polar surface area (TPSA) is 60.9 Å². The van der Waals surface area contributed by atoms with Crippen LogP contribution in [0.15, 0.2) is 36.4 Å². The van der Waals surface area contributed by atoms with Crippen LogP contribution in [-0.2, 0) is 17.9 Å². The molecule has 6 nitrogen and oxygen atoms in total. The van der Waals surface area contributed by atoms with Crippen LogP contribution in [0.3, 0.4) is 0 Å². The Balaban J connectivity index is 1.56. The number of rotatable bonds is 3. The number of carbonyl (C=O) groups excluding carboxylic acids is 3. The van der Waals surface area contributed by atoms with E-state index in [1.807, 2.05) is 62.1 Å². The van der Waals surface area contributed by atoms with Crippen LogP contribution >= 0.6 is 11.6 Å². The van der Waals surface area contributed by atoms with Gasteiger partial charge in [0.05, 0.1) is 10.6 Å². The van der Waals surface area contributed by atoms with Crippen LogP contribution in [0.25, 0.3) is 11.1 Å². The maximum atomic E-state index is 12.8. The van der Waals surface area contributed by atoms with E-state index in [9.17, 15) is 14.4 Å². The van der Waals surface area contributed by atoms with E-state index >= 15 is 0 Å². The highest BCUT2D eigenvalue weighted by Crippen LogP contribution is 2.37. The Morgan fingerprint density at radius 1 is 0.967 bits per heavy atom. The largest absolute Gasteiger partial charge is 0.329 e. The third-order valence-corrected chi connectivity index (χ3v) is 5.99. The van der Waals surface area contributed by atoms with Gasteiger partial charge in [-0.15, -0.1) is 0 Å². The van der Waals surface area contributed by atoms with Gasteiger partial charge in [-0.05, 0) is 55.2 Å². The van der Waals surface area contributed by atoms with Crippen LogP contribution in [-0.4, -0.2) is 51.7 Å². The second-order valence-electron chi connectivity index (χ2n) is 8.84. The number of hydrogen-bond donors (Lipinski definition) is 0. The minimum atomic E-state index is -0.275. The Labute approximate surface area is 181 Å². The molecule has 4 rings (SSSR count). The molecule has 2 aliphatic heterocycles. The Kier molecular flexibility index (Phi) is 4.85. The lowest BCUT2D eigenvalue weighted by Gasteiger charge is -2.31. The van der Waals surface area contributed by atoms with Crippen molar-refractivity contribution in [2.24, 2.45) is 0 Å². The minimum Gasteiger partial charge on any atom is -0.329 e. The molecule has 0 unspecified atom stereocenters. The standard InChI is InChI=1S/C23H24ClN3O3/c1-23(2,3)27-12-17-9-16(10-18(24)20(17)21(27)29)15-7-5-14(6-8-15)11-26-13-19(28)25(4)22(26)30/h5-10H,11-13H2,1-4H3. The highest BCUT2D eigenvalue weighted by Gasteiger charge is 2.36. The lowest BCUT2D eigenvalue weighted by molar-refractivity contribution is -0.124. The van der Waals surface area contributed by atoms with Gasteiger partial charge in [-0.25, -0.2) is 4.79 Å². The highest BCUT2D eigenvalue weighted by molar-refractivity contribution is 6.34. The second-order valence-corrected chi connectivity index (χ2v) is 9.25. The predicted octanol–water partition coefficient (Wildman–Crippen LogP) is 4.16. The number of urea groups is 1. The van der Waals surface area contributed by atoms with E-state index in [4.69, 9.17) is 11.6 Å². The highest BCUT2D eigenvalue weighted by atomic mass is 35.5. The molecule has 1 saturated heterocycles. The van der Waals surface area contributed by atoms with E-state index in [1.165, 1.54) is 11.9 Å². The summed E-state index contributed by atoms with van der Waals surface area (Å²) in [6.07, 6.45) is 0. The summed E-state index contributed by atoms with van der Waals surface area (Å²) in [6.45, 7) is 7.08. The SMILES string of the molecule is CN1C(=O)CN(Cc2ccc(-c3cc(Cl)c4c(c3)CN(C(C)(C)C)C4=O)cc2)C1=O. The second kappa shape index (κ2) is 7.13. The van der Waals surface area contributed by atoms with E-state index in [-0.39, 0.29) is 29.9 Å². The summed E-state index contributed by atoms with van der Waals surface area (Å²) in [5.41, 5.74) is 4.12. The Hall–Kier alpha value is -2.86. The molecule has 0 radical (unpaired) electrons. The molecule has 7 heteroatoms. The molecule has 4 amide bonds. The van der Waals surface area contributed by atoms with Crippen LogP contribution in [0.4, 0.5) is 4.79 Å². The lowest BCUT2D eigenvalue weighted by atomic mass is 9.99. The van der Waals surface area contributed by atoms with Gasteiger partial charge in [-0.1, -0.05) is 35.9 Å². The predicted molar refractivity (Wildman–Crippen MR) is 115 cm³/mol. The van der Waals surface area contributed by atoms with Crippen molar-refractivity contribution < 1.29 is 14.4 Å². The Morgan fingerprint density at radius 3 is 2.20 bits per heavy atom. The number of imide groups is 1. The van der Waals surface area contributed by atoms with E-state index in [0.29, 0.717) is 23.7 Å². The van der Waals surface area contributed by atoms with Gasteiger partial charge in [0, 0.05) is 25.7 Å². The van der Waals surface area contributed by atoms with Crippen molar-refractivity contribution in [3.05, 3.63) is 58.1 Å². The fourth-order valence-electron chi connectivity index (χ4n) is 3.92. The van der Waals surface area contributed by atoms with Crippen molar-refractivity contribution in [2.75, 3.05) is 13.6 Å². The van der Waals surface area contributed by atoms with Crippen LogP contribution in [0.5, 0.6) is 0 Å². The molecule has 0 aromatic heterocycles. The first-order valence-corrected chi connectivity index (χ1v) is 10.2. The molecule has 2 aromatic rings. The van der Waals surface area contributed by atoms with E-state index in [0.717, 1.165) is 27.2 Å². The minimum absolute atomic E-state index is 0.0285. The number of fused-ring (bicyclic) bond motifs is 1. The van der Waals surface area contributed by atoms with Crippen molar-refractivity contribution in [3.8, 4) is 11.1 Å². The number of carbonyl (C=O) groups is 3. The molecular formula is C23H24ClN3O3. The van der Waals surface area contributed by atoms with Gasteiger partial charge in [0.1, 0.15) is 6.54 Å². The molecule has 2 aromatic carbocycles. The molecule has 2 heterocycles. The summed E-state index contributed by atoms with van der Waals surface area (Å²) in [7, 11) is 1.50. The van der Waals surface area contributed by atoms with Gasteiger partial charge >= 0.3 is 6.03 Å². The monoisotopic (exact) mass is 425 g/mol. The molecule has 156 valence electrons. The summed E-state index contributed by atoms with van der Waals surface area (Å²) in [4.78, 5) is 41.0. The number of benzene rings is 2. The maximum absolute atomic E-state index is 12.8. The van der Waals surface area contributed by atoms with E-state index in [2.05, 4.69) is 0 Å². The number of hydrogen-bond acceptors (Lipinski definition) is 3. The molecule has 0 bridgehead atoms. The molecule has 0 spiro atoms. The van der Waals surface area contributed by atoms with E-state index < -0.39 is 0 Å². The summed E-state index contributed by atoms with van der Waals surface area (Å²) in [5.74, 6) is -0.220. The molecule has 0 aliphatic carbocycles. The number of nitrogens with zero attached hydrogens (tertiary/aromatic N) is 3. The molecule has 0 atom stereocenters. The fraction of sp³-hybridized carbons (Fsp3) is 0.348. The molecule has 0 N–H and O–H groups in total. The first-order valence-electron chi connectivity index (χ1n) is 9.85. The van der Waals surface area contributed by atoms with Gasteiger partial charge in [0.2, 0.25) is 5.91 Å². The zero-order chi connectivity index (χ0) is 21.8. The Morgan fingerprint density at radius 2 is 1.63 bits per heavy atom. The van der Waals surface area contributed by atoms with Crippen LogP contribution in [0, 0.1) is 0 Å². The third kappa shape index (κ3) is 3.45. The zero-order valence-corrected chi connectivity index (χ0v) is 18.3. The molecule has 1 fully saturated rings. The number of likely N-dealkylation sites (N-methyl/N-ethyl adjacent to an activating group) is 1. The maximum Gasteiger partial charge on any atom is 0.327 e. The summed E-state index contributed by atoms with van der Waals surface area (Å²) in [5, 5.41) is 0.465. The van der Waals surface area contributed by atoms with Gasteiger partial charge in [0.25, 0.3) is 5.91 Å². The summed E-state index contributed by atoms with van der Waals surface area (Å²) in [6, 6.07) is 11.4. The van der Waals surface area contributed by atoms with Crippen molar-refractivity contribution in [1.29, 1.82) is 0 Å². The summed E-state index contributed by atoms with van der Waals surface area (Å²) < 4.78 is 0. The number of amides is 4. The first-order chi connectivity index (χ1) is 14.1. The average Bonchev–Trinajstić information content (AvgIpc) is 3.14. The van der Waals surface area contributed by atoms with E-state index in [1.54, 1.807) is 0 Å². The summed E-state index contributed by atoms with van der Waals surface area (Å²) >= 11 is 6.49. The zero-order valence-electron chi connectivity index (χ0n) is 17.5. The van der Waals surface area contributed by atoms with Crippen LogP contribution in [0.2, 0.25) is 5.02 Å². The van der Waals surface area contributed by atoms with Gasteiger partial charge < -0.3 is 9.80 Å². The quantitative estimate of drug-likeness (QED) is 0.694. The van der Waals surface area contributed by atoms with Gasteiger partial charge in [-0.2, -0.15) is 0 Å². The van der Waals surface area contributed by atoms with Crippen molar-refractivity contribution in [2.45, 2.75) is 39.4 Å². The lowest BCUT2D eigenvalue weighted by Crippen LogP contribution is -2.41. The van der Waals surface area contributed by atoms with Gasteiger partial charge in [-0.3, -0.25) is 14.5 Å². The molecular weight excluding hydrogens is 402 g/mol.